The van der Waals surface area contributed by atoms with Gasteiger partial charge in [-0.15, -0.1) is 0 Å². The first-order chi connectivity index (χ1) is 15.2. The standard InChI is InChI=1S/C23H26N2O6S/c1-4-30-20(26)14-31-19-10-8-18(9-11-19)24-22(27)23-12-17(23)13-25(32(23,28)29)21-15(2)6-5-7-16(21)3/h5-11,17H,4,12-14H2,1-3H3,(H,24,27)/t17-,23-/m1/s1. The van der Waals surface area contributed by atoms with Gasteiger partial charge in [0.1, 0.15) is 5.75 Å². The molecule has 9 heteroatoms. The fraction of sp³-hybridized carbons (Fsp3) is 0.391. The molecule has 4 rings (SSSR count). The van der Waals surface area contributed by atoms with Crippen molar-refractivity contribution in [3.63, 3.8) is 0 Å². The van der Waals surface area contributed by atoms with Crippen LogP contribution in [-0.2, 0) is 24.3 Å². The summed E-state index contributed by atoms with van der Waals surface area (Å²) >= 11 is 0. The van der Waals surface area contributed by atoms with Crippen LogP contribution in [-0.4, -0.2) is 44.8 Å². The minimum absolute atomic E-state index is 0.212. The summed E-state index contributed by atoms with van der Waals surface area (Å²) in [5.74, 6) is -0.785. The van der Waals surface area contributed by atoms with Gasteiger partial charge >= 0.3 is 5.97 Å². The molecule has 2 aromatic carbocycles. The predicted octanol–water partition coefficient (Wildman–Crippen LogP) is 2.79. The van der Waals surface area contributed by atoms with Gasteiger partial charge in [0.05, 0.1) is 12.3 Å². The number of nitrogens with one attached hydrogen (secondary N) is 1. The SMILES string of the molecule is CCOC(=O)COc1ccc(NC(=O)[C@@]23C[C@@H]2CN(c2c(C)cccc2C)S3(=O)=O)cc1. The van der Waals surface area contributed by atoms with E-state index < -0.39 is 26.6 Å². The predicted molar refractivity (Wildman–Crippen MR) is 120 cm³/mol. The molecule has 1 amide bonds. The first-order valence-electron chi connectivity index (χ1n) is 10.5. The summed E-state index contributed by atoms with van der Waals surface area (Å²) in [5.41, 5.74) is 2.85. The number of para-hydroxylation sites is 1. The number of anilines is 2. The second kappa shape index (κ2) is 8.12. The third kappa shape index (κ3) is 3.60. The zero-order chi connectivity index (χ0) is 23.1. The van der Waals surface area contributed by atoms with E-state index in [4.69, 9.17) is 9.47 Å². The average Bonchev–Trinajstić information content (AvgIpc) is 3.44. The lowest BCUT2D eigenvalue weighted by molar-refractivity contribution is -0.145. The van der Waals surface area contributed by atoms with E-state index in [9.17, 15) is 18.0 Å². The number of amides is 1. The summed E-state index contributed by atoms with van der Waals surface area (Å²) in [6.07, 6.45) is 0.323. The van der Waals surface area contributed by atoms with Crippen LogP contribution in [0.4, 0.5) is 11.4 Å². The third-order valence-electron chi connectivity index (χ3n) is 6.03. The Hall–Kier alpha value is -3.07. The summed E-state index contributed by atoms with van der Waals surface area (Å²) in [6.45, 7) is 5.84. The molecule has 32 heavy (non-hydrogen) atoms. The summed E-state index contributed by atoms with van der Waals surface area (Å²) in [4.78, 5) is 24.5. The Balaban J connectivity index is 1.47. The van der Waals surface area contributed by atoms with Gasteiger partial charge in [-0.2, -0.15) is 0 Å². The van der Waals surface area contributed by atoms with Crippen LogP contribution in [0.2, 0.25) is 0 Å². The smallest absolute Gasteiger partial charge is 0.344 e. The fourth-order valence-corrected chi connectivity index (χ4v) is 6.84. The monoisotopic (exact) mass is 458 g/mol. The quantitative estimate of drug-likeness (QED) is 0.640. The van der Waals surface area contributed by atoms with E-state index in [1.165, 1.54) is 4.31 Å². The van der Waals surface area contributed by atoms with Crippen LogP contribution in [0.1, 0.15) is 24.5 Å². The van der Waals surface area contributed by atoms with Crippen molar-refractivity contribution in [3.8, 4) is 5.75 Å². The Morgan fingerprint density at radius 1 is 1.12 bits per heavy atom. The lowest BCUT2D eigenvalue weighted by atomic mass is 10.1. The highest BCUT2D eigenvalue weighted by atomic mass is 32.2. The molecule has 170 valence electrons. The van der Waals surface area contributed by atoms with Crippen LogP contribution >= 0.6 is 0 Å². The molecule has 1 heterocycles. The molecule has 0 bridgehead atoms. The molecule has 1 N–H and O–H groups in total. The number of aryl methyl sites for hydroxylation is 2. The van der Waals surface area contributed by atoms with Crippen LogP contribution in [0.5, 0.6) is 5.75 Å². The molecule has 0 unspecified atom stereocenters. The van der Waals surface area contributed by atoms with E-state index in [-0.39, 0.29) is 19.1 Å². The van der Waals surface area contributed by atoms with Crippen LogP contribution in [0.15, 0.2) is 42.5 Å². The van der Waals surface area contributed by atoms with E-state index in [2.05, 4.69) is 5.32 Å². The van der Waals surface area contributed by atoms with Crippen molar-refractivity contribution in [3.05, 3.63) is 53.6 Å². The van der Waals surface area contributed by atoms with Gasteiger partial charge in [0.2, 0.25) is 15.9 Å². The van der Waals surface area contributed by atoms with Crippen molar-refractivity contribution < 1.29 is 27.5 Å². The number of nitrogens with zero attached hydrogens (tertiary/aromatic N) is 1. The topological polar surface area (TPSA) is 102 Å². The maximum Gasteiger partial charge on any atom is 0.344 e. The van der Waals surface area contributed by atoms with Crippen molar-refractivity contribution in [1.82, 2.24) is 0 Å². The Kier molecular flexibility index (Phi) is 5.62. The molecule has 2 aliphatic rings. The van der Waals surface area contributed by atoms with Gasteiger partial charge in [-0.05, 0) is 62.6 Å². The zero-order valence-corrected chi connectivity index (χ0v) is 19.1. The first-order valence-corrected chi connectivity index (χ1v) is 11.9. The molecule has 1 aliphatic carbocycles. The third-order valence-corrected chi connectivity index (χ3v) is 8.55. The lowest BCUT2D eigenvalue weighted by Gasteiger charge is -2.26. The van der Waals surface area contributed by atoms with E-state index in [1.54, 1.807) is 31.2 Å². The molecule has 2 fully saturated rings. The van der Waals surface area contributed by atoms with Gasteiger partial charge in [-0.3, -0.25) is 9.10 Å². The van der Waals surface area contributed by atoms with E-state index in [0.29, 0.717) is 30.1 Å². The Labute approximate surface area is 187 Å². The Morgan fingerprint density at radius 2 is 1.78 bits per heavy atom. The molecule has 1 saturated heterocycles. The number of hydrogen-bond donors (Lipinski definition) is 1. The van der Waals surface area contributed by atoms with Crippen LogP contribution in [0, 0.1) is 19.8 Å². The van der Waals surface area contributed by atoms with Gasteiger partial charge in [-0.1, -0.05) is 18.2 Å². The molecule has 0 radical (unpaired) electrons. The highest BCUT2D eigenvalue weighted by Crippen LogP contribution is 2.59. The second-order valence-electron chi connectivity index (χ2n) is 8.14. The van der Waals surface area contributed by atoms with Crippen molar-refractivity contribution in [2.45, 2.75) is 31.9 Å². The number of hydrogen-bond acceptors (Lipinski definition) is 6. The second-order valence-corrected chi connectivity index (χ2v) is 10.3. The molecule has 2 aromatic rings. The normalized spacial score (nSPS) is 22.7. The zero-order valence-electron chi connectivity index (χ0n) is 18.3. The summed E-state index contributed by atoms with van der Waals surface area (Å²) in [5, 5.41) is 2.74. The van der Waals surface area contributed by atoms with E-state index in [1.807, 2.05) is 32.0 Å². The highest BCUT2D eigenvalue weighted by molar-refractivity contribution is 7.95. The van der Waals surface area contributed by atoms with Crippen molar-refractivity contribution in [2.75, 3.05) is 29.4 Å². The number of benzene rings is 2. The van der Waals surface area contributed by atoms with Gasteiger partial charge in [-0.25, -0.2) is 13.2 Å². The maximum absolute atomic E-state index is 13.5. The van der Waals surface area contributed by atoms with Crippen LogP contribution < -0.4 is 14.4 Å². The average molecular weight is 459 g/mol. The lowest BCUT2D eigenvalue weighted by Crippen LogP contribution is -2.42. The summed E-state index contributed by atoms with van der Waals surface area (Å²) in [7, 11) is -3.86. The summed E-state index contributed by atoms with van der Waals surface area (Å²) < 4.78 is 37.0. The van der Waals surface area contributed by atoms with Crippen LogP contribution in [0.25, 0.3) is 0 Å². The number of esters is 1. The molecular weight excluding hydrogens is 432 g/mol. The maximum atomic E-state index is 13.5. The number of fused-ring (bicyclic) bond motifs is 1. The van der Waals surface area contributed by atoms with Crippen molar-refractivity contribution >= 4 is 33.3 Å². The van der Waals surface area contributed by atoms with Gasteiger partial charge in [0.25, 0.3) is 0 Å². The molecule has 1 saturated carbocycles. The summed E-state index contributed by atoms with van der Waals surface area (Å²) in [6, 6.07) is 12.1. The first kappa shape index (κ1) is 22.1. The molecule has 0 aromatic heterocycles. The number of carbonyl (C=O) groups is 2. The minimum Gasteiger partial charge on any atom is -0.482 e. The minimum atomic E-state index is -3.86. The largest absolute Gasteiger partial charge is 0.482 e. The fourth-order valence-electron chi connectivity index (χ4n) is 4.35. The van der Waals surface area contributed by atoms with Gasteiger partial charge in [0, 0.05) is 18.2 Å². The number of rotatable bonds is 7. The van der Waals surface area contributed by atoms with E-state index in [0.717, 1.165) is 11.1 Å². The van der Waals surface area contributed by atoms with Gasteiger partial charge < -0.3 is 14.8 Å². The Morgan fingerprint density at radius 3 is 2.41 bits per heavy atom. The Bertz CT molecular complexity index is 1140. The number of sulfonamides is 1. The highest BCUT2D eigenvalue weighted by Gasteiger charge is 2.75. The molecule has 1 aliphatic heterocycles. The van der Waals surface area contributed by atoms with E-state index >= 15 is 0 Å². The van der Waals surface area contributed by atoms with Gasteiger partial charge in [0.15, 0.2) is 11.4 Å². The van der Waals surface area contributed by atoms with Crippen molar-refractivity contribution in [2.24, 2.45) is 5.92 Å². The van der Waals surface area contributed by atoms with Crippen molar-refractivity contribution in [1.29, 1.82) is 0 Å². The van der Waals surface area contributed by atoms with Crippen LogP contribution in [0.3, 0.4) is 0 Å². The molecular formula is C23H26N2O6S. The number of carbonyl (C=O) groups excluding carboxylic acids is 2. The molecule has 0 spiro atoms. The molecule has 8 nitrogen and oxygen atoms in total. The molecule has 2 atom stereocenters. The number of ether oxygens (including phenoxy) is 2.